The molecule has 1 saturated carbocycles. The van der Waals surface area contributed by atoms with Crippen LogP contribution in [0.2, 0.25) is 0 Å². The molecule has 1 rings (SSSR count). The molecule has 0 N–H and O–H groups in total. The van der Waals surface area contributed by atoms with Crippen LogP contribution in [0.25, 0.3) is 0 Å². The molecule has 0 unspecified atom stereocenters. The SMILES string of the molecule is CC1CC(CCCCC(=O)OC(C)(C)C)C1. The van der Waals surface area contributed by atoms with Crippen LogP contribution in [0.4, 0.5) is 0 Å². The molecule has 94 valence electrons. The minimum Gasteiger partial charge on any atom is -0.460 e. The van der Waals surface area contributed by atoms with E-state index in [1.54, 1.807) is 0 Å². The highest BCUT2D eigenvalue weighted by atomic mass is 16.6. The highest BCUT2D eigenvalue weighted by Crippen LogP contribution is 2.36. The molecule has 0 atom stereocenters. The summed E-state index contributed by atoms with van der Waals surface area (Å²) in [6.07, 6.45) is 6.84. The van der Waals surface area contributed by atoms with Crippen molar-refractivity contribution < 1.29 is 9.53 Å². The first kappa shape index (κ1) is 13.5. The van der Waals surface area contributed by atoms with Crippen molar-refractivity contribution in [2.75, 3.05) is 0 Å². The van der Waals surface area contributed by atoms with Crippen LogP contribution < -0.4 is 0 Å². The zero-order chi connectivity index (χ0) is 12.2. The van der Waals surface area contributed by atoms with E-state index in [1.807, 2.05) is 20.8 Å². The fourth-order valence-electron chi connectivity index (χ4n) is 2.40. The van der Waals surface area contributed by atoms with E-state index >= 15 is 0 Å². The molecular weight excluding hydrogens is 200 g/mol. The van der Waals surface area contributed by atoms with Crippen LogP contribution >= 0.6 is 0 Å². The van der Waals surface area contributed by atoms with E-state index in [-0.39, 0.29) is 11.6 Å². The molecule has 0 saturated heterocycles. The molecule has 0 spiro atoms. The Labute approximate surface area is 99.8 Å². The van der Waals surface area contributed by atoms with Crippen molar-refractivity contribution in [2.45, 2.75) is 71.8 Å². The van der Waals surface area contributed by atoms with Crippen LogP contribution in [0.5, 0.6) is 0 Å². The van der Waals surface area contributed by atoms with E-state index < -0.39 is 0 Å². The molecule has 0 radical (unpaired) electrons. The minimum atomic E-state index is -0.333. The quantitative estimate of drug-likeness (QED) is 0.524. The number of rotatable bonds is 5. The molecule has 1 fully saturated rings. The minimum absolute atomic E-state index is 0.0468. The van der Waals surface area contributed by atoms with Gasteiger partial charge in [-0.3, -0.25) is 4.79 Å². The summed E-state index contributed by atoms with van der Waals surface area (Å²) in [6.45, 7) is 8.07. The largest absolute Gasteiger partial charge is 0.460 e. The number of hydrogen-bond donors (Lipinski definition) is 0. The maximum absolute atomic E-state index is 11.4. The highest BCUT2D eigenvalue weighted by molar-refractivity contribution is 5.69. The van der Waals surface area contributed by atoms with Crippen molar-refractivity contribution >= 4 is 5.97 Å². The van der Waals surface area contributed by atoms with Gasteiger partial charge < -0.3 is 4.74 Å². The Bertz CT molecular complexity index is 221. The molecular formula is C14H26O2. The molecule has 1 aliphatic rings. The van der Waals surface area contributed by atoms with Crippen molar-refractivity contribution in [3.8, 4) is 0 Å². The van der Waals surface area contributed by atoms with E-state index in [2.05, 4.69) is 6.92 Å². The van der Waals surface area contributed by atoms with Crippen molar-refractivity contribution in [1.82, 2.24) is 0 Å². The number of carbonyl (C=O) groups is 1. The normalized spacial score (nSPS) is 25.0. The molecule has 0 aromatic rings. The van der Waals surface area contributed by atoms with Gasteiger partial charge in [-0.2, -0.15) is 0 Å². The molecule has 0 amide bonds. The summed E-state index contributed by atoms with van der Waals surface area (Å²) in [5, 5.41) is 0. The lowest BCUT2D eigenvalue weighted by atomic mass is 9.74. The third-order valence-electron chi connectivity index (χ3n) is 3.13. The molecule has 1 aliphatic carbocycles. The van der Waals surface area contributed by atoms with Crippen LogP contribution in [0, 0.1) is 11.8 Å². The van der Waals surface area contributed by atoms with E-state index in [0.717, 1.165) is 18.3 Å². The molecule has 0 aromatic heterocycles. The Morgan fingerprint density at radius 1 is 1.25 bits per heavy atom. The number of carbonyl (C=O) groups excluding carboxylic acids is 1. The van der Waals surface area contributed by atoms with Gasteiger partial charge in [-0.15, -0.1) is 0 Å². The summed E-state index contributed by atoms with van der Waals surface area (Å²) in [7, 11) is 0. The summed E-state index contributed by atoms with van der Waals surface area (Å²) < 4.78 is 5.26. The van der Waals surface area contributed by atoms with Crippen LogP contribution in [0.15, 0.2) is 0 Å². The van der Waals surface area contributed by atoms with Crippen molar-refractivity contribution in [2.24, 2.45) is 11.8 Å². The molecule has 2 heteroatoms. The second-order valence-electron chi connectivity index (χ2n) is 6.27. The Hall–Kier alpha value is -0.530. The molecule has 0 aromatic carbocycles. The smallest absolute Gasteiger partial charge is 0.306 e. The zero-order valence-electron chi connectivity index (χ0n) is 11.2. The molecule has 0 heterocycles. The van der Waals surface area contributed by atoms with Gasteiger partial charge in [0, 0.05) is 6.42 Å². The Balaban J connectivity index is 1.96. The predicted octanol–water partition coefficient (Wildman–Crippen LogP) is 3.93. The fourth-order valence-corrected chi connectivity index (χ4v) is 2.40. The van der Waals surface area contributed by atoms with Gasteiger partial charge in [-0.1, -0.05) is 19.8 Å². The first-order valence-electron chi connectivity index (χ1n) is 6.58. The van der Waals surface area contributed by atoms with Crippen LogP contribution in [-0.2, 0) is 9.53 Å². The summed E-state index contributed by atoms with van der Waals surface area (Å²) in [4.78, 5) is 11.4. The van der Waals surface area contributed by atoms with Gasteiger partial charge in [-0.25, -0.2) is 0 Å². The summed E-state index contributed by atoms with van der Waals surface area (Å²) in [5.41, 5.74) is -0.333. The summed E-state index contributed by atoms with van der Waals surface area (Å²) in [5.74, 6) is 1.83. The third kappa shape index (κ3) is 5.53. The second-order valence-corrected chi connectivity index (χ2v) is 6.27. The van der Waals surface area contributed by atoms with Gasteiger partial charge in [-0.05, 0) is 51.9 Å². The van der Waals surface area contributed by atoms with Crippen molar-refractivity contribution in [3.05, 3.63) is 0 Å². The Morgan fingerprint density at radius 3 is 2.38 bits per heavy atom. The Morgan fingerprint density at radius 2 is 1.88 bits per heavy atom. The van der Waals surface area contributed by atoms with Gasteiger partial charge >= 0.3 is 5.97 Å². The van der Waals surface area contributed by atoms with Crippen molar-refractivity contribution in [3.63, 3.8) is 0 Å². The van der Waals surface area contributed by atoms with Crippen LogP contribution in [-0.4, -0.2) is 11.6 Å². The van der Waals surface area contributed by atoms with Gasteiger partial charge in [0.2, 0.25) is 0 Å². The predicted molar refractivity (Wildman–Crippen MR) is 66.2 cm³/mol. The zero-order valence-corrected chi connectivity index (χ0v) is 11.2. The van der Waals surface area contributed by atoms with E-state index in [1.165, 1.54) is 25.7 Å². The fraction of sp³-hybridized carbons (Fsp3) is 0.929. The maximum atomic E-state index is 11.4. The average Bonchev–Trinajstić information content (AvgIpc) is 2.05. The van der Waals surface area contributed by atoms with Crippen molar-refractivity contribution in [1.29, 1.82) is 0 Å². The van der Waals surface area contributed by atoms with E-state index in [0.29, 0.717) is 6.42 Å². The molecule has 2 nitrogen and oxygen atoms in total. The topological polar surface area (TPSA) is 26.3 Å². The average molecular weight is 226 g/mol. The maximum Gasteiger partial charge on any atom is 0.306 e. The van der Waals surface area contributed by atoms with E-state index in [9.17, 15) is 4.79 Å². The third-order valence-corrected chi connectivity index (χ3v) is 3.13. The first-order valence-corrected chi connectivity index (χ1v) is 6.58. The highest BCUT2D eigenvalue weighted by Gasteiger charge is 2.24. The number of hydrogen-bond acceptors (Lipinski definition) is 2. The summed E-state index contributed by atoms with van der Waals surface area (Å²) in [6, 6.07) is 0. The van der Waals surface area contributed by atoms with Gasteiger partial charge in [0.05, 0.1) is 0 Å². The summed E-state index contributed by atoms with van der Waals surface area (Å²) >= 11 is 0. The Kier molecular flexibility index (Phi) is 4.82. The molecule has 0 bridgehead atoms. The standard InChI is InChI=1S/C14H26O2/c1-11-9-12(10-11)7-5-6-8-13(15)16-14(2,3)4/h11-12H,5-10H2,1-4H3. The molecule has 16 heavy (non-hydrogen) atoms. The van der Waals surface area contributed by atoms with Gasteiger partial charge in [0.25, 0.3) is 0 Å². The number of ether oxygens (including phenoxy) is 1. The lowest BCUT2D eigenvalue weighted by Gasteiger charge is -2.32. The van der Waals surface area contributed by atoms with Crippen LogP contribution in [0.1, 0.15) is 66.2 Å². The van der Waals surface area contributed by atoms with Gasteiger partial charge in [0.1, 0.15) is 5.60 Å². The lowest BCUT2D eigenvalue weighted by molar-refractivity contribution is -0.154. The monoisotopic (exact) mass is 226 g/mol. The van der Waals surface area contributed by atoms with E-state index in [4.69, 9.17) is 4.74 Å². The number of esters is 1. The second kappa shape index (κ2) is 5.70. The van der Waals surface area contributed by atoms with Gasteiger partial charge in [0.15, 0.2) is 0 Å². The lowest BCUT2D eigenvalue weighted by Crippen LogP contribution is -2.24. The number of unbranched alkanes of at least 4 members (excludes halogenated alkanes) is 1. The van der Waals surface area contributed by atoms with Crippen LogP contribution in [0.3, 0.4) is 0 Å². The molecule has 0 aliphatic heterocycles. The first-order chi connectivity index (χ1) is 7.37.